The first-order valence-corrected chi connectivity index (χ1v) is 7.19. The van der Waals surface area contributed by atoms with E-state index >= 15 is 0 Å². The number of likely N-dealkylation sites (tertiary alicyclic amines) is 2. The fourth-order valence-corrected chi connectivity index (χ4v) is 3.32. The van der Waals surface area contributed by atoms with Crippen LogP contribution in [0.1, 0.15) is 25.3 Å². The van der Waals surface area contributed by atoms with Crippen molar-refractivity contribution in [2.24, 2.45) is 5.92 Å². The maximum atomic E-state index is 12.4. The number of nitrogens with zero attached hydrogens (tertiary/aromatic N) is 3. The van der Waals surface area contributed by atoms with Gasteiger partial charge in [0.2, 0.25) is 5.91 Å². The maximum Gasteiger partial charge on any atom is 0.239 e. The number of likely N-dealkylation sites (N-methyl/N-ethyl adjacent to an activating group) is 1. The molecule has 3 heterocycles. The van der Waals surface area contributed by atoms with Crippen LogP contribution < -0.4 is 0 Å². The van der Waals surface area contributed by atoms with Crippen molar-refractivity contribution in [2.75, 3.05) is 19.6 Å². The molecule has 0 N–H and O–H groups in total. The van der Waals surface area contributed by atoms with Crippen LogP contribution in [0.5, 0.6) is 0 Å². The topological polar surface area (TPSA) is 36.4 Å². The molecular weight excluding hydrogens is 238 g/mol. The molecule has 2 fully saturated rings. The number of hydrogen-bond acceptors (Lipinski definition) is 3. The molecule has 0 aliphatic carbocycles. The van der Waals surface area contributed by atoms with Gasteiger partial charge in [0.25, 0.3) is 0 Å². The summed E-state index contributed by atoms with van der Waals surface area (Å²) in [5.74, 6) is 1.02. The van der Waals surface area contributed by atoms with E-state index in [2.05, 4.69) is 22.9 Å². The summed E-state index contributed by atoms with van der Waals surface area (Å²) in [6.07, 6.45) is 5.94. The number of aromatic nitrogens is 1. The molecule has 0 aromatic carbocycles. The van der Waals surface area contributed by atoms with Crippen molar-refractivity contribution in [1.82, 2.24) is 14.8 Å². The molecule has 0 unspecified atom stereocenters. The number of fused-ring (bicyclic) bond motifs is 2. The van der Waals surface area contributed by atoms with Crippen molar-refractivity contribution < 1.29 is 4.79 Å². The van der Waals surface area contributed by atoms with E-state index in [1.165, 1.54) is 12.0 Å². The van der Waals surface area contributed by atoms with Gasteiger partial charge in [0, 0.05) is 32.0 Å². The van der Waals surface area contributed by atoms with Gasteiger partial charge in [0.15, 0.2) is 0 Å². The van der Waals surface area contributed by atoms with Gasteiger partial charge in [-0.1, -0.05) is 6.07 Å². The molecule has 4 nitrogen and oxygen atoms in total. The second kappa shape index (κ2) is 5.29. The SMILES string of the molecule is CCN1C[C@H]2CCN(Cc3cccnc3)[C@H](C2)C1=O. The Morgan fingerprint density at radius 3 is 3.11 bits per heavy atom. The Kier molecular flexibility index (Phi) is 3.51. The van der Waals surface area contributed by atoms with Crippen LogP contribution in [-0.4, -0.2) is 46.4 Å². The molecule has 1 amide bonds. The minimum atomic E-state index is 0.0904. The molecule has 102 valence electrons. The van der Waals surface area contributed by atoms with E-state index in [4.69, 9.17) is 0 Å². The van der Waals surface area contributed by atoms with Crippen LogP contribution >= 0.6 is 0 Å². The molecule has 4 heteroatoms. The molecule has 2 bridgehead atoms. The molecule has 0 radical (unpaired) electrons. The molecule has 2 aliphatic heterocycles. The standard InChI is InChI=1S/C15H21N3O/c1-2-17-10-12-5-7-18(14(8-12)15(17)19)11-13-4-3-6-16-9-13/h3-4,6,9,12,14H,2,5,7-8,10-11H2,1H3/t12-,14+/m0/s1. The molecule has 2 aliphatic rings. The van der Waals surface area contributed by atoms with Crippen molar-refractivity contribution in [3.8, 4) is 0 Å². The predicted octanol–water partition coefficient (Wildman–Crippen LogP) is 1.52. The van der Waals surface area contributed by atoms with E-state index in [9.17, 15) is 4.79 Å². The average Bonchev–Trinajstić information content (AvgIpc) is 2.46. The molecule has 2 saturated heterocycles. The van der Waals surface area contributed by atoms with Crippen LogP contribution in [0.3, 0.4) is 0 Å². The first kappa shape index (κ1) is 12.6. The summed E-state index contributed by atoms with van der Waals surface area (Å²) >= 11 is 0. The monoisotopic (exact) mass is 259 g/mol. The number of carbonyl (C=O) groups excluding carboxylic acids is 1. The Morgan fingerprint density at radius 2 is 2.37 bits per heavy atom. The van der Waals surface area contributed by atoms with Gasteiger partial charge in [-0.05, 0) is 43.9 Å². The molecule has 1 aromatic heterocycles. The number of rotatable bonds is 3. The molecule has 0 saturated carbocycles. The smallest absolute Gasteiger partial charge is 0.239 e. The van der Waals surface area contributed by atoms with Gasteiger partial charge >= 0.3 is 0 Å². The molecule has 19 heavy (non-hydrogen) atoms. The minimum absolute atomic E-state index is 0.0904. The van der Waals surface area contributed by atoms with Crippen LogP contribution in [-0.2, 0) is 11.3 Å². The van der Waals surface area contributed by atoms with Crippen molar-refractivity contribution in [2.45, 2.75) is 32.4 Å². The van der Waals surface area contributed by atoms with Gasteiger partial charge in [-0.15, -0.1) is 0 Å². The summed E-state index contributed by atoms with van der Waals surface area (Å²) in [5, 5.41) is 0. The van der Waals surface area contributed by atoms with E-state index in [1.54, 1.807) is 6.20 Å². The Morgan fingerprint density at radius 1 is 1.47 bits per heavy atom. The highest BCUT2D eigenvalue weighted by molar-refractivity contribution is 5.83. The van der Waals surface area contributed by atoms with Crippen molar-refractivity contribution in [1.29, 1.82) is 0 Å². The first-order chi connectivity index (χ1) is 9.28. The Hall–Kier alpha value is -1.42. The number of pyridine rings is 1. The quantitative estimate of drug-likeness (QED) is 0.826. The van der Waals surface area contributed by atoms with E-state index < -0.39 is 0 Å². The van der Waals surface area contributed by atoms with Crippen molar-refractivity contribution >= 4 is 5.91 Å². The van der Waals surface area contributed by atoms with Gasteiger partial charge in [0.05, 0.1) is 6.04 Å². The predicted molar refractivity (Wildman–Crippen MR) is 73.4 cm³/mol. The van der Waals surface area contributed by atoms with Gasteiger partial charge in [-0.3, -0.25) is 14.7 Å². The summed E-state index contributed by atoms with van der Waals surface area (Å²) in [7, 11) is 0. The fourth-order valence-electron chi connectivity index (χ4n) is 3.32. The third-order valence-corrected chi connectivity index (χ3v) is 4.39. The van der Waals surface area contributed by atoms with E-state index in [1.807, 2.05) is 17.2 Å². The lowest BCUT2D eigenvalue weighted by Crippen LogP contribution is -2.58. The number of carbonyl (C=O) groups is 1. The number of hydrogen-bond donors (Lipinski definition) is 0. The van der Waals surface area contributed by atoms with Crippen LogP contribution in [0.4, 0.5) is 0 Å². The summed E-state index contributed by atoms with van der Waals surface area (Å²) in [4.78, 5) is 20.9. The third-order valence-electron chi connectivity index (χ3n) is 4.39. The van der Waals surface area contributed by atoms with Crippen LogP contribution in [0.2, 0.25) is 0 Å². The molecule has 3 rings (SSSR count). The zero-order valence-corrected chi connectivity index (χ0v) is 11.5. The summed E-state index contributed by atoms with van der Waals surface area (Å²) in [5.41, 5.74) is 1.20. The number of piperidine rings is 2. The van der Waals surface area contributed by atoms with Gasteiger partial charge in [-0.25, -0.2) is 0 Å². The van der Waals surface area contributed by atoms with Crippen molar-refractivity contribution in [3.05, 3.63) is 30.1 Å². The molecular formula is C15H21N3O. The lowest BCUT2D eigenvalue weighted by atomic mass is 9.85. The zero-order chi connectivity index (χ0) is 13.2. The summed E-state index contributed by atoms with van der Waals surface area (Å²) in [6.45, 7) is 5.76. The van der Waals surface area contributed by atoms with E-state index in [0.29, 0.717) is 11.8 Å². The Labute approximate surface area is 114 Å². The third kappa shape index (κ3) is 2.50. The summed E-state index contributed by atoms with van der Waals surface area (Å²) < 4.78 is 0. The first-order valence-electron chi connectivity index (χ1n) is 7.19. The van der Waals surface area contributed by atoms with Crippen LogP contribution in [0.25, 0.3) is 0 Å². The number of amides is 1. The van der Waals surface area contributed by atoms with E-state index in [0.717, 1.165) is 32.6 Å². The van der Waals surface area contributed by atoms with E-state index in [-0.39, 0.29) is 6.04 Å². The lowest BCUT2D eigenvalue weighted by molar-refractivity contribution is -0.145. The largest absolute Gasteiger partial charge is 0.341 e. The average molecular weight is 259 g/mol. The summed E-state index contributed by atoms with van der Waals surface area (Å²) in [6, 6.07) is 4.14. The van der Waals surface area contributed by atoms with Gasteiger partial charge in [0.1, 0.15) is 0 Å². The highest BCUT2D eigenvalue weighted by atomic mass is 16.2. The van der Waals surface area contributed by atoms with Crippen molar-refractivity contribution in [3.63, 3.8) is 0 Å². The second-order valence-electron chi connectivity index (χ2n) is 5.61. The normalized spacial score (nSPS) is 27.6. The van der Waals surface area contributed by atoms with Gasteiger partial charge in [-0.2, -0.15) is 0 Å². The second-order valence-corrected chi connectivity index (χ2v) is 5.61. The fraction of sp³-hybridized carbons (Fsp3) is 0.600. The Balaban J connectivity index is 1.74. The molecule has 1 aromatic rings. The Bertz CT molecular complexity index is 448. The maximum absolute atomic E-state index is 12.4. The molecule has 0 spiro atoms. The van der Waals surface area contributed by atoms with Crippen LogP contribution in [0.15, 0.2) is 24.5 Å². The zero-order valence-electron chi connectivity index (χ0n) is 11.5. The molecule has 2 atom stereocenters. The lowest BCUT2D eigenvalue weighted by Gasteiger charge is -2.46. The van der Waals surface area contributed by atoms with Gasteiger partial charge < -0.3 is 4.90 Å². The van der Waals surface area contributed by atoms with Crippen LogP contribution in [0, 0.1) is 5.92 Å². The minimum Gasteiger partial charge on any atom is -0.341 e. The highest BCUT2D eigenvalue weighted by Gasteiger charge is 2.40. The highest BCUT2D eigenvalue weighted by Crippen LogP contribution is 2.30.